The Morgan fingerprint density at radius 3 is 2.55 bits per heavy atom. The van der Waals surface area contributed by atoms with Crippen LogP contribution in [0.3, 0.4) is 0 Å². The van der Waals surface area contributed by atoms with E-state index in [-0.39, 0.29) is 17.6 Å². The van der Waals surface area contributed by atoms with E-state index < -0.39 is 0 Å². The largest absolute Gasteiger partial charge is 0.508 e. The molecule has 1 aromatic heterocycles. The Morgan fingerprint density at radius 1 is 1.00 bits per heavy atom. The quantitative estimate of drug-likeness (QED) is 0.546. The molecular formula is C15H10N2O3. The van der Waals surface area contributed by atoms with Crippen LogP contribution < -0.4 is 5.32 Å². The summed E-state index contributed by atoms with van der Waals surface area (Å²) in [5.74, 6) is -0.626. The van der Waals surface area contributed by atoms with Crippen molar-refractivity contribution in [2.45, 2.75) is 6.92 Å². The number of rotatable bonds is 0. The van der Waals surface area contributed by atoms with Gasteiger partial charge in [0.1, 0.15) is 5.75 Å². The van der Waals surface area contributed by atoms with Gasteiger partial charge in [-0.1, -0.05) is 0 Å². The first-order valence-corrected chi connectivity index (χ1v) is 6.20. The van der Waals surface area contributed by atoms with Gasteiger partial charge in [-0.05, 0) is 36.8 Å². The molecule has 98 valence electrons. The lowest BCUT2D eigenvalue weighted by Crippen LogP contribution is -2.20. The van der Waals surface area contributed by atoms with Crippen molar-refractivity contribution in [1.29, 1.82) is 0 Å². The second-order valence-electron chi connectivity index (χ2n) is 5.00. The number of carbonyl (C=O) groups is 2. The van der Waals surface area contributed by atoms with Gasteiger partial charge in [0.25, 0.3) is 11.8 Å². The van der Waals surface area contributed by atoms with Crippen LogP contribution in [-0.4, -0.2) is 21.9 Å². The molecule has 20 heavy (non-hydrogen) atoms. The van der Waals surface area contributed by atoms with Crippen molar-refractivity contribution in [3.05, 3.63) is 41.0 Å². The van der Waals surface area contributed by atoms with E-state index in [1.165, 1.54) is 0 Å². The minimum absolute atomic E-state index is 0.123. The molecule has 0 aliphatic carbocycles. The topological polar surface area (TPSA) is 82.2 Å². The normalized spacial score (nSPS) is 14.1. The van der Waals surface area contributed by atoms with Gasteiger partial charge in [-0.3, -0.25) is 14.9 Å². The highest BCUT2D eigenvalue weighted by atomic mass is 16.3. The Balaban J connectivity index is 2.30. The fourth-order valence-electron chi connectivity index (χ4n) is 2.94. The molecule has 0 fully saturated rings. The predicted molar refractivity (Wildman–Crippen MR) is 74.0 cm³/mol. The molecule has 1 aliphatic heterocycles. The Hall–Kier alpha value is -2.82. The van der Waals surface area contributed by atoms with E-state index in [0.717, 1.165) is 22.0 Å². The number of aromatic amines is 1. The Labute approximate surface area is 113 Å². The van der Waals surface area contributed by atoms with Crippen molar-refractivity contribution in [2.75, 3.05) is 0 Å². The number of H-pyrrole nitrogens is 1. The Kier molecular flexibility index (Phi) is 1.87. The highest BCUT2D eigenvalue weighted by molar-refractivity contribution is 6.30. The maximum atomic E-state index is 12.1. The number of phenols is 1. The summed E-state index contributed by atoms with van der Waals surface area (Å²) in [5.41, 5.74) is 3.17. The zero-order chi connectivity index (χ0) is 14.0. The van der Waals surface area contributed by atoms with Crippen molar-refractivity contribution in [3.8, 4) is 5.75 Å². The second kappa shape index (κ2) is 3.39. The van der Waals surface area contributed by atoms with E-state index in [9.17, 15) is 14.7 Å². The van der Waals surface area contributed by atoms with Gasteiger partial charge < -0.3 is 10.1 Å². The van der Waals surface area contributed by atoms with E-state index in [2.05, 4.69) is 10.3 Å². The first-order chi connectivity index (χ1) is 9.56. The van der Waals surface area contributed by atoms with Crippen molar-refractivity contribution in [1.82, 2.24) is 10.3 Å². The zero-order valence-electron chi connectivity index (χ0n) is 10.6. The summed E-state index contributed by atoms with van der Waals surface area (Å²) in [4.78, 5) is 27.1. The number of benzene rings is 2. The standard InChI is InChI=1S/C15H10N2O3/c1-6-4-10-12(13-11(6)14(19)17-15(13)20)8-5-7(18)2-3-9(8)16-10/h2-5,16,18H,1H3,(H,17,19,20). The smallest absolute Gasteiger partial charge is 0.259 e. The van der Waals surface area contributed by atoms with E-state index in [4.69, 9.17) is 0 Å². The molecule has 4 rings (SSSR count). The number of carbonyl (C=O) groups excluding carboxylic acids is 2. The van der Waals surface area contributed by atoms with Gasteiger partial charge in [0.15, 0.2) is 0 Å². The van der Waals surface area contributed by atoms with Crippen LogP contribution in [0.5, 0.6) is 5.75 Å². The number of aromatic hydroxyl groups is 1. The van der Waals surface area contributed by atoms with Gasteiger partial charge in [-0.25, -0.2) is 0 Å². The number of phenolic OH excluding ortho intramolecular Hbond substituents is 1. The highest BCUT2D eigenvalue weighted by Gasteiger charge is 2.32. The van der Waals surface area contributed by atoms with E-state index in [1.807, 2.05) is 6.07 Å². The fourth-order valence-corrected chi connectivity index (χ4v) is 2.94. The fraction of sp³-hybridized carbons (Fsp3) is 0.0667. The summed E-state index contributed by atoms with van der Waals surface area (Å²) < 4.78 is 0. The summed E-state index contributed by atoms with van der Waals surface area (Å²) in [7, 11) is 0. The molecule has 1 aliphatic rings. The number of fused-ring (bicyclic) bond motifs is 5. The molecule has 0 bridgehead atoms. The molecule has 2 heterocycles. The van der Waals surface area contributed by atoms with Crippen LogP contribution in [0.4, 0.5) is 0 Å². The number of hydrogen-bond acceptors (Lipinski definition) is 3. The molecule has 5 heteroatoms. The van der Waals surface area contributed by atoms with Gasteiger partial charge in [-0.15, -0.1) is 0 Å². The molecule has 3 N–H and O–H groups in total. The number of aryl methyl sites for hydroxylation is 1. The summed E-state index contributed by atoms with van der Waals surface area (Å²) >= 11 is 0. The average Bonchev–Trinajstić information content (AvgIpc) is 2.87. The lowest BCUT2D eigenvalue weighted by molar-refractivity contribution is 0.0880. The maximum Gasteiger partial charge on any atom is 0.259 e. The van der Waals surface area contributed by atoms with Gasteiger partial charge in [0.2, 0.25) is 0 Å². The molecule has 2 aromatic carbocycles. The van der Waals surface area contributed by atoms with Crippen LogP contribution in [0.25, 0.3) is 21.8 Å². The third-order valence-corrected chi connectivity index (χ3v) is 3.75. The predicted octanol–water partition coefficient (Wildman–Crippen LogP) is 2.22. The third kappa shape index (κ3) is 1.21. The number of imide groups is 1. The SMILES string of the molecule is Cc1cc2[nH]c3ccc(O)cc3c2c2c1C(=O)NC2=O. The van der Waals surface area contributed by atoms with E-state index in [0.29, 0.717) is 16.5 Å². The lowest BCUT2D eigenvalue weighted by Gasteiger charge is -2.02. The highest BCUT2D eigenvalue weighted by Crippen LogP contribution is 2.35. The second-order valence-corrected chi connectivity index (χ2v) is 5.00. The molecule has 2 amide bonds. The summed E-state index contributed by atoms with van der Waals surface area (Å²) in [6.45, 7) is 1.80. The first-order valence-electron chi connectivity index (χ1n) is 6.20. The summed E-state index contributed by atoms with van der Waals surface area (Å²) in [5, 5.41) is 13.4. The van der Waals surface area contributed by atoms with Crippen molar-refractivity contribution in [3.63, 3.8) is 0 Å². The third-order valence-electron chi connectivity index (χ3n) is 3.75. The number of nitrogens with one attached hydrogen (secondary N) is 2. The van der Waals surface area contributed by atoms with Crippen LogP contribution in [-0.2, 0) is 0 Å². The summed E-state index contributed by atoms with van der Waals surface area (Å²) in [6, 6.07) is 6.78. The molecule has 0 saturated carbocycles. The molecule has 0 saturated heterocycles. The molecule has 0 unspecified atom stereocenters. The Morgan fingerprint density at radius 2 is 1.75 bits per heavy atom. The van der Waals surface area contributed by atoms with Crippen LogP contribution in [0, 0.1) is 6.92 Å². The van der Waals surface area contributed by atoms with E-state index >= 15 is 0 Å². The molecule has 0 spiro atoms. The molecular weight excluding hydrogens is 256 g/mol. The van der Waals surface area contributed by atoms with Crippen LogP contribution in [0.1, 0.15) is 26.3 Å². The monoisotopic (exact) mass is 266 g/mol. The minimum atomic E-state index is -0.386. The average molecular weight is 266 g/mol. The molecule has 5 nitrogen and oxygen atoms in total. The Bertz CT molecular complexity index is 937. The van der Waals surface area contributed by atoms with Gasteiger partial charge in [-0.2, -0.15) is 0 Å². The number of amides is 2. The molecule has 0 atom stereocenters. The zero-order valence-corrected chi connectivity index (χ0v) is 10.6. The summed E-state index contributed by atoms with van der Waals surface area (Å²) in [6.07, 6.45) is 0. The van der Waals surface area contributed by atoms with Crippen molar-refractivity contribution < 1.29 is 14.7 Å². The lowest BCUT2D eigenvalue weighted by atomic mass is 9.98. The number of aromatic nitrogens is 1. The van der Waals surface area contributed by atoms with Crippen LogP contribution >= 0.6 is 0 Å². The number of hydrogen-bond donors (Lipinski definition) is 3. The van der Waals surface area contributed by atoms with Crippen molar-refractivity contribution in [2.24, 2.45) is 0 Å². The molecule has 0 radical (unpaired) electrons. The first kappa shape index (κ1) is 11.0. The minimum Gasteiger partial charge on any atom is -0.508 e. The van der Waals surface area contributed by atoms with Gasteiger partial charge >= 0.3 is 0 Å². The van der Waals surface area contributed by atoms with Crippen LogP contribution in [0.15, 0.2) is 24.3 Å². The molecule has 3 aromatic rings. The van der Waals surface area contributed by atoms with Gasteiger partial charge in [0, 0.05) is 21.8 Å². The van der Waals surface area contributed by atoms with E-state index in [1.54, 1.807) is 25.1 Å². The maximum absolute atomic E-state index is 12.1. The van der Waals surface area contributed by atoms with Gasteiger partial charge in [0.05, 0.1) is 11.1 Å². The van der Waals surface area contributed by atoms with Crippen LogP contribution in [0.2, 0.25) is 0 Å². The van der Waals surface area contributed by atoms with Crippen molar-refractivity contribution >= 4 is 33.6 Å².